The minimum absolute atomic E-state index is 0. The van der Waals surface area contributed by atoms with Gasteiger partial charge in [0.1, 0.15) is 0 Å². The van der Waals surface area contributed by atoms with Crippen LogP contribution in [0.25, 0.3) is 0 Å². The zero-order chi connectivity index (χ0) is 17.5. The molecule has 26 heavy (non-hydrogen) atoms. The van der Waals surface area contributed by atoms with E-state index < -0.39 is 6.10 Å². The number of guanidine groups is 1. The van der Waals surface area contributed by atoms with Crippen molar-refractivity contribution in [3.63, 3.8) is 0 Å². The summed E-state index contributed by atoms with van der Waals surface area (Å²) in [6, 6.07) is 7.92. The van der Waals surface area contributed by atoms with E-state index in [1.54, 1.807) is 23.7 Å². The van der Waals surface area contributed by atoms with E-state index in [0.29, 0.717) is 6.54 Å². The third kappa shape index (κ3) is 5.55. The standard InChI is InChI=1S/C18H25N5OS.HI/c1-2-20-18(21-14-16(24)15-5-7-19-8-6-15)23-11-9-22(10-12-23)17-4-3-13-25-17;/h3-8,13,16,24H,2,9-12,14H2,1H3,(H,20,21);1H. The van der Waals surface area contributed by atoms with Crippen molar-refractivity contribution in [2.24, 2.45) is 4.99 Å². The van der Waals surface area contributed by atoms with Crippen molar-refractivity contribution >= 4 is 46.3 Å². The quantitative estimate of drug-likeness (QED) is 0.386. The van der Waals surface area contributed by atoms with Crippen molar-refractivity contribution < 1.29 is 5.11 Å². The van der Waals surface area contributed by atoms with Crippen LogP contribution in [0.5, 0.6) is 0 Å². The van der Waals surface area contributed by atoms with Crippen molar-refractivity contribution in [2.45, 2.75) is 13.0 Å². The predicted molar refractivity (Wildman–Crippen MR) is 119 cm³/mol. The van der Waals surface area contributed by atoms with Crippen molar-refractivity contribution in [1.29, 1.82) is 0 Å². The first-order valence-electron chi connectivity index (χ1n) is 8.67. The van der Waals surface area contributed by atoms with Crippen LogP contribution in [-0.4, -0.2) is 60.2 Å². The van der Waals surface area contributed by atoms with E-state index in [1.165, 1.54) is 5.00 Å². The van der Waals surface area contributed by atoms with E-state index in [4.69, 9.17) is 0 Å². The molecule has 1 aliphatic heterocycles. The fourth-order valence-electron chi connectivity index (χ4n) is 2.88. The molecule has 0 radical (unpaired) electrons. The highest BCUT2D eigenvalue weighted by atomic mass is 127. The molecule has 142 valence electrons. The molecule has 3 rings (SSSR count). The van der Waals surface area contributed by atoms with Crippen molar-refractivity contribution in [2.75, 3.05) is 44.2 Å². The summed E-state index contributed by atoms with van der Waals surface area (Å²) < 4.78 is 0. The summed E-state index contributed by atoms with van der Waals surface area (Å²) in [5, 5.41) is 17.1. The predicted octanol–water partition coefficient (Wildman–Crippen LogP) is 2.58. The average molecular weight is 487 g/mol. The Kier molecular flexibility index (Phi) is 8.60. The lowest BCUT2D eigenvalue weighted by Crippen LogP contribution is -2.52. The molecule has 0 saturated carbocycles. The number of nitrogens with one attached hydrogen (secondary N) is 1. The summed E-state index contributed by atoms with van der Waals surface area (Å²) in [4.78, 5) is 13.3. The van der Waals surface area contributed by atoms with Crippen LogP contribution in [0.4, 0.5) is 5.00 Å². The molecule has 1 atom stereocenters. The first kappa shape index (κ1) is 20.9. The maximum absolute atomic E-state index is 10.3. The van der Waals surface area contributed by atoms with E-state index in [9.17, 15) is 5.11 Å². The number of hydrogen-bond donors (Lipinski definition) is 2. The molecule has 0 aromatic carbocycles. The smallest absolute Gasteiger partial charge is 0.194 e. The molecule has 2 N–H and O–H groups in total. The van der Waals surface area contributed by atoms with Gasteiger partial charge in [0.05, 0.1) is 17.6 Å². The highest BCUT2D eigenvalue weighted by Gasteiger charge is 2.20. The molecule has 6 nitrogen and oxygen atoms in total. The Morgan fingerprint density at radius 3 is 2.62 bits per heavy atom. The number of pyridine rings is 1. The van der Waals surface area contributed by atoms with E-state index >= 15 is 0 Å². The maximum Gasteiger partial charge on any atom is 0.194 e. The molecular weight excluding hydrogens is 461 g/mol. The number of anilines is 1. The normalized spacial score (nSPS) is 16.2. The fourth-order valence-corrected chi connectivity index (χ4v) is 3.66. The minimum atomic E-state index is -0.607. The van der Waals surface area contributed by atoms with E-state index in [1.807, 2.05) is 12.1 Å². The number of piperazine rings is 1. The second-order valence-corrected chi connectivity index (χ2v) is 6.84. The Balaban J connectivity index is 0.00000243. The molecule has 0 aliphatic carbocycles. The van der Waals surface area contributed by atoms with Crippen molar-refractivity contribution in [3.8, 4) is 0 Å². The summed E-state index contributed by atoms with van der Waals surface area (Å²) >= 11 is 1.78. The SMILES string of the molecule is CCNC(=NCC(O)c1ccncc1)N1CCN(c2cccs2)CC1.I. The van der Waals surface area contributed by atoms with Crippen LogP contribution < -0.4 is 10.2 Å². The topological polar surface area (TPSA) is 64.0 Å². The molecule has 1 fully saturated rings. The van der Waals surface area contributed by atoms with Gasteiger partial charge in [0.25, 0.3) is 0 Å². The highest BCUT2D eigenvalue weighted by Crippen LogP contribution is 2.22. The third-order valence-electron chi connectivity index (χ3n) is 4.24. The monoisotopic (exact) mass is 487 g/mol. The van der Waals surface area contributed by atoms with Crippen molar-refractivity contribution in [1.82, 2.24) is 15.2 Å². The van der Waals surface area contributed by atoms with Gasteiger partial charge in [-0.2, -0.15) is 0 Å². The molecule has 3 heterocycles. The summed E-state index contributed by atoms with van der Waals surface area (Å²) in [5.74, 6) is 0.876. The number of halogens is 1. The Morgan fingerprint density at radius 2 is 2.00 bits per heavy atom. The molecule has 1 aliphatic rings. The molecule has 2 aromatic heterocycles. The number of aliphatic hydroxyl groups is 1. The van der Waals surface area contributed by atoms with Gasteiger partial charge in [-0.15, -0.1) is 35.3 Å². The first-order valence-corrected chi connectivity index (χ1v) is 9.55. The number of aliphatic imine (C=N–C) groups is 1. The first-order chi connectivity index (χ1) is 12.3. The molecule has 1 saturated heterocycles. The Morgan fingerprint density at radius 1 is 1.27 bits per heavy atom. The summed E-state index contributed by atoms with van der Waals surface area (Å²) in [5.41, 5.74) is 0.845. The number of aliphatic hydroxyl groups excluding tert-OH is 1. The van der Waals surface area contributed by atoms with Crippen LogP contribution in [0.3, 0.4) is 0 Å². The molecule has 8 heteroatoms. The Bertz CT molecular complexity index is 659. The zero-order valence-electron chi connectivity index (χ0n) is 14.9. The highest BCUT2D eigenvalue weighted by molar-refractivity contribution is 14.0. The van der Waals surface area contributed by atoms with Crippen LogP contribution >= 0.6 is 35.3 Å². The van der Waals surface area contributed by atoms with Crippen LogP contribution in [0.15, 0.2) is 47.0 Å². The van der Waals surface area contributed by atoms with E-state index in [0.717, 1.165) is 44.2 Å². The Labute approximate surface area is 176 Å². The lowest BCUT2D eigenvalue weighted by atomic mass is 10.1. The van der Waals surface area contributed by atoms with Crippen LogP contribution in [0, 0.1) is 0 Å². The van der Waals surface area contributed by atoms with Crippen LogP contribution in [0.1, 0.15) is 18.6 Å². The number of rotatable bonds is 5. The van der Waals surface area contributed by atoms with Gasteiger partial charge < -0.3 is 20.2 Å². The number of nitrogens with zero attached hydrogens (tertiary/aromatic N) is 4. The van der Waals surface area contributed by atoms with Crippen LogP contribution in [-0.2, 0) is 0 Å². The van der Waals surface area contributed by atoms with Gasteiger partial charge in [0.15, 0.2) is 5.96 Å². The molecule has 0 spiro atoms. The maximum atomic E-state index is 10.3. The second kappa shape index (κ2) is 10.7. The number of thiophene rings is 1. The summed E-state index contributed by atoms with van der Waals surface area (Å²) in [7, 11) is 0. The Hall–Kier alpha value is -1.39. The van der Waals surface area contributed by atoms with Gasteiger partial charge in [-0.1, -0.05) is 0 Å². The fraction of sp³-hybridized carbons (Fsp3) is 0.444. The molecule has 2 aromatic rings. The van der Waals surface area contributed by atoms with Gasteiger partial charge in [-0.25, -0.2) is 0 Å². The average Bonchev–Trinajstić information content (AvgIpc) is 3.20. The number of aromatic nitrogens is 1. The molecule has 1 unspecified atom stereocenters. The summed E-state index contributed by atoms with van der Waals surface area (Å²) in [6.07, 6.45) is 2.78. The largest absolute Gasteiger partial charge is 0.386 e. The van der Waals surface area contributed by atoms with E-state index in [2.05, 4.69) is 49.5 Å². The zero-order valence-corrected chi connectivity index (χ0v) is 18.1. The van der Waals surface area contributed by atoms with Gasteiger partial charge in [-0.3, -0.25) is 9.98 Å². The lowest BCUT2D eigenvalue weighted by Gasteiger charge is -2.37. The van der Waals surface area contributed by atoms with Crippen LogP contribution in [0.2, 0.25) is 0 Å². The number of hydrogen-bond acceptors (Lipinski definition) is 5. The second-order valence-electron chi connectivity index (χ2n) is 5.92. The molecule has 0 bridgehead atoms. The molecule has 0 amide bonds. The van der Waals surface area contributed by atoms with Gasteiger partial charge >= 0.3 is 0 Å². The minimum Gasteiger partial charge on any atom is -0.386 e. The van der Waals surface area contributed by atoms with Gasteiger partial charge in [0.2, 0.25) is 0 Å². The van der Waals surface area contributed by atoms with Gasteiger partial charge in [-0.05, 0) is 42.1 Å². The summed E-state index contributed by atoms with van der Waals surface area (Å²) in [6.45, 7) is 7.05. The van der Waals surface area contributed by atoms with Gasteiger partial charge in [0, 0.05) is 45.1 Å². The lowest BCUT2D eigenvalue weighted by molar-refractivity contribution is 0.186. The molecular formula is C18H26IN5OS. The van der Waals surface area contributed by atoms with E-state index in [-0.39, 0.29) is 24.0 Å². The third-order valence-corrected chi connectivity index (χ3v) is 5.17. The van der Waals surface area contributed by atoms with Crippen molar-refractivity contribution in [3.05, 3.63) is 47.6 Å².